The Bertz CT molecular complexity index is 589. The molecule has 0 radical (unpaired) electrons. The van der Waals surface area contributed by atoms with Crippen molar-refractivity contribution in [3.05, 3.63) is 41.6 Å². The molecule has 0 spiro atoms. The van der Waals surface area contributed by atoms with E-state index in [0.717, 1.165) is 6.20 Å². The molecule has 0 atom stereocenters. The first-order valence-electron chi connectivity index (χ1n) is 5.01. The van der Waals surface area contributed by atoms with Crippen LogP contribution in [0.1, 0.15) is 20.7 Å². The molecule has 2 aromatic rings. The van der Waals surface area contributed by atoms with Gasteiger partial charge in [-0.15, -0.1) is 0 Å². The minimum Gasteiger partial charge on any atom is -0.477 e. The van der Waals surface area contributed by atoms with Gasteiger partial charge in [-0.1, -0.05) is 0 Å². The van der Waals surface area contributed by atoms with Gasteiger partial charge in [-0.2, -0.15) is 5.10 Å². The van der Waals surface area contributed by atoms with Crippen molar-refractivity contribution in [3.8, 4) is 0 Å². The molecule has 7 heteroatoms. The number of aromatic carboxylic acids is 1. The summed E-state index contributed by atoms with van der Waals surface area (Å²) >= 11 is 0. The summed E-state index contributed by atoms with van der Waals surface area (Å²) < 4.78 is 0. The molecular weight excluding hydrogens is 236 g/mol. The summed E-state index contributed by atoms with van der Waals surface area (Å²) in [5.74, 6) is -1.57. The predicted molar refractivity (Wildman–Crippen MR) is 64.4 cm³/mol. The molecule has 92 valence electrons. The predicted octanol–water partition coefficient (Wildman–Crippen LogP) is 0.942. The van der Waals surface area contributed by atoms with Gasteiger partial charge in [0, 0.05) is 11.3 Å². The van der Waals surface area contributed by atoms with E-state index < -0.39 is 11.9 Å². The molecule has 0 aliphatic heterocycles. The van der Waals surface area contributed by atoms with Crippen molar-refractivity contribution in [1.82, 2.24) is 10.2 Å². The molecule has 1 aromatic heterocycles. The number of aromatic amines is 1. The van der Waals surface area contributed by atoms with Gasteiger partial charge in [0.25, 0.3) is 5.91 Å². The van der Waals surface area contributed by atoms with Gasteiger partial charge in [-0.05, 0) is 24.3 Å². The van der Waals surface area contributed by atoms with Gasteiger partial charge in [0.05, 0.1) is 6.20 Å². The summed E-state index contributed by atoms with van der Waals surface area (Å²) in [6, 6.07) is 6.25. The van der Waals surface area contributed by atoms with Crippen LogP contribution >= 0.6 is 0 Å². The summed E-state index contributed by atoms with van der Waals surface area (Å²) in [6.45, 7) is 0. The Labute approximate surface area is 102 Å². The Hall–Kier alpha value is -2.83. The number of hydrogen-bond donors (Lipinski definition) is 4. The highest BCUT2D eigenvalue weighted by Gasteiger charge is 2.15. The van der Waals surface area contributed by atoms with Crippen molar-refractivity contribution >= 4 is 23.4 Å². The summed E-state index contributed by atoms with van der Waals surface area (Å²) in [7, 11) is 0. The van der Waals surface area contributed by atoms with Crippen molar-refractivity contribution in [1.29, 1.82) is 0 Å². The van der Waals surface area contributed by atoms with Crippen LogP contribution in [0.4, 0.5) is 11.5 Å². The molecule has 7 nitrogen and oxygen atoms in total. The minimum absolute atomic E-state index is 0.0457. The van der Waals surface area contributed by atoms with Gasteiger partial charge < -0.3 is 16.2 Å². The number of H-pyrrole nitrogens is 1. The molecular formula is C11H10N4O3. The minimum atomic E-state index is -1.17. The molecule has 18 heavy (non-hydrogen) atoms. The molecule has 0 bridgehead atoms. The van der Waals surface area contributed by atoms with Crippen molar-refractivity contribution < 1.29 is 14.7 Å². The van der Waals surface area contributed by atoms with Gasteiger partial charge in [0.15, 0.2) is 0 Å². The zero-order chi connectivity index (χ0) is 13.1. The molecule has 1 amide bonds. The first-order chi connectivity index (χ1) is 8.58. The van der Waals surface area contributed by atoms with E-state index in [4.69, 9.17) is 10.8 Å². The number of benzene rings is 1. The number of aromatic nitrogens is 2. The number of carboxylic acid groups (broad SMARTS) is 1. The molecule has 1 heterocycles. The Morgan fingerprint density at radius 2 is 1.94 bits per heavy atom. The van der Waals surface area contributed by atoms with Gasteiger partial charge >= 0.3 is 5.97 Å². The molecule has 0 unspecified atom stereocenters. The number of rotatable bonds is 3. The molecule has 0 aliphatic carbocycles. The molecule has 0 fully saturated rings. The lowest BCUT2D eigenvalue weighted by Crippen LogP contribution is -2.14. The lowest BCUT2D eigenvalue weighted by atomic mass is 10.2. The van der Waals surface area contributed by atoms with Crippen LogP contribution in [0.3, 0.4) is 0 Å². The van der Waals surface area contributed by atoms with Crippen molar-refractivity contribution in [2.45, 2.75) is 0 Å². The van der Waals surface area contributed by atoms with Gasteiger partial charge in [0.1, 0.15) is 11.4 Å². The maximum absolute atomic E-state index is 11.8. The molecule has 5 N–H and O–H groups in total. The topological polar surface area (TPSA) is 121 Å². The monoisotopic (exact) mass is 246 g/mol. The van der Waals surface area contributed by atoms with Gasteiger partial charge in [-0.3, -0.25) is 9.89 Å². The van der Waals surface area contributed by atoms with E-state index in [1.807, 2.05) is 0 Å². The number of carbonyl (C=O) groups is 2. The van der Waals surface area contributed by atoms with Crippen molar-refractivity contribution in [3.63, 3.8) is 0 Å². The van der Waals surface area contributed by atoms with Crippen LogP contribution in [0.25, 0.3) is 0 Å². The van der Waals surface area contributed by atoms with E-state index in [-0.39, 0.29) is 11.4 Å². The standard InChI is InChI=1S/C11H10N4O3/c12-7-3-1-6(2-4-7)10(16)14-9-8(11(17)18)5-13-15-9/h1-5H,12H2,(H,17,18)(H2,13,14,15,16). The number of nitrogen functional groups attached to an aromatic ring is 1. The summed E-state index contributed by atoms with van der Waals surface area (Å²) in [5.41, 5.74) is 6.31. The van der Waals surface area contributed by atoms with E-state index in [9.17, 15) is 9.59 Å². The smallest absolute Gasteiger partial charge is 0.341 e. The van der Waals surface area contributed by atoms with Crippen LogP contribution in [0, 0.1) is 0 Å². The highest BCUT2D eigenvalue weighted by atomic mass is 16.4. The zero-order valence-corrected chi connectivity index (χ0v) is 9.18. The number of carboxylic acids is 1. The number of nitrogens with two attached hydrogens (primary N) is 1. The summed E-state index contributed by atoms with van der Waals surface area (Å²) in [6.07, 6.45) is 1.13. The molecule has 1 aromatic carbocycles. The fourth-order valence-electron chi connectivity index (χ4n) is 1.36. The molecule has 2 rings (SSSR count). The molecule has 0 saturated heterocycles. The quantitative estimate of drug-likeness (QED) is 0.600. The Morgan fingerprint density at radius 3 is 2.56 bits per heavy atom. The maximum Gasteiger partial charge on any atom is 0.341 e. The first kappa shape index (κ1) is 11.6. The number of amides is 1. The van der Waals surface area contributed by atoms with Crippen LogP contribution in [0.2, 0.25) is 0 Å². The van der Waals surface area contributed by atoms with E-state index in [1.54, 1.807) is 24.3 Å². The molecule has 0 saturated carbocycles. The number of nitrogens with one attached hydrogen (secondary N) is 2. The van der Waals surface area contributed by atoms with Crippen molar-refractivity contribution in [2.24, 2.45) is 0 Å². The second kappa shape index (κ2) is 4.58. The van der Waals surface area contributed by atoms with E-state index in [0.29, 0.717) is 11.3 Å². The number of hydrogen-bond acceptors (Lipinski definition) is 4. The first-order valence-corrected chi connectivity index (χ1v) is 5.01. The van der Waals surface area contributed by atoms with Crippen LogP contribution in [-0.4, -0.2) is 27.2 Å². The van der Waals surface area contributed by atoms with E-state index in [2.05, 4.69) is 15.5 Å². The zero-order valence-electron chi connectivity index (χ0n) is 9.18. The summed E-state index contributed by atoms with van der Waals surface area (Å²) in [5, 5.41) is 17.3. The maximum atomic E-state index is 11.8. The van der Waals surface area contributed by atoms with Crippen molar-refractivity contribution in [2.75, 3.05) is 11.1 Å². The third kappa shape index (κ3) is 2.29. The lowest BCUT2D eigenvalue weighted by molar-refractivity contribution is 0.0698. The highest BCUT2D eigenvalue weighted by molar-refractivity contribution is 6.06. The van der Waals surface area contributed by atoms with Crippen LogP contribution in [-0.2, 0) is 0 Å². The highest BCUT2D eigenvalue weighted by Crippen LogP contribution is 2.13. The van der Waals surface area contributed by atoms with Crippen LogP contribution in [0.5, 0.6) is 0 Å². The van der Waals surface area contributed by atoms with Crippen LogP contribution in [0.15, 0.2) is 30.5 Å². The normalized spacial score (nSPS) is 10.0. The van der Waals surface area contributed by atoms with E-state index >= 15 is 0 Å². The number of anilines is 2. The Morgan fingerprint density at radius 1 is 1.28 bits per heavy atom. The van der Waals surface area contributed by atoms with E-state index in [1.165, 1.54) is 0 Å². The number of nitrogens with zero attached hydrogens (tertiary/aromatic N) is 1. The Kier molecular flexibility index (Phi) is 2.96. The SMILES string of the molecule is Nc1ccc(C(=O)Nc2[nH]ncc2C(=O)O)cc1. The second-order valence-corrected chi connectivity index (χ2v) is 3.54. The van der Waals surface area contributed by atoms with Gasteiger partial charge in [-0.25, -0.2) is 4.79 Å². The fourth-order valence-corrected chi connectivity index (χ4v) is 1.36. The third-order valence-electron chi connectivity index (χ3n) is 2.28. The van der Waals surface area contributed by atoms with Crippen LogP contribution < -0.4 is 11.1 Å². The summed E-state index contributed by atoms with van der Waals surface area (Å²) in [4.78, 5) is 22.6. The molecule has 0 aliphatic rings. The second-order valence-electron chi connectivity index (χ2n) is 3.54. The average molecular weight is 246 g/mol. The Balaban J connectivity index is 2.19. The average Bonchev–Trinajstić information content (AvgIpc) is 2.78. The fraction of sp³-hybridized carbons (Fsp3) is 0. The number of carbonyl (C=O) groups excluding carboxylic acids is 1. The third-order valence-corrected chi connectivity index (χ3v) is 2.28. The largest absolute Gasteiger partial charge is 0.477 e. The lowest BCUT2D eigenvalue weighted by Gasteiger charge is -2.04. The van der Waals surface area contributed by atoms with Gasteiger partial charge in [0.2, 0.25) is 0 Å².